The highest BCUT2D eigenvalue weighted by molar-refractivity contribution is 5.41. The van der Waals surface area contributed by atoms with Gasteiger partial charge in [-0.3, -0.25) is 0 Å². The Bertz CT molecular complexity index is 537. The van der Waals surface area contributed by atoms with Crippen LogP contribution in [0.5, 0.6) is 0 Å². The molecule has 2 aromatic rings. The highest BCUT2D eigenvalue weighted by atomic mass is 15.1. The Morgan fingerprint density at radius 2 is 1.95 bits per heavy atom. The largest absolute Gasteiger partial charge is 0.366 e. The monoisotopic (exact) mass is 256 g/mol. The van der Waals surface area contributed by atoms with Crippen molar-refractivity contribution in [3.63, 3.8) is 0 Å². The van der Waals surface area contributed by atoms with E-state index in [0.29, 0.717) is 12.0 Å². The van der Waals surface area contributed by atoms with Crippen LogP contribution in [0.25, 0.3) is 0 Å². The van der Waals surface area contributed by atoms with Gasteiger partial charge in [-0.15, -0.1) is 0 Å². The number of aryl methyl sites for hydroxylation is 1. The average Bonchev–Trinajstić information content (AvgIpc) is 2.37. The van der Waals surface area contributed by atoms with Gasteiger partial charge >= 0.3 is 0 Å². The fourth-order valence-corrected chi connectivity index (χ4v) is 1.78. The normalized spacial score (nSPS) is 10.5. The first kappa shape index (κ1) is 13.3. The molecule has 1 heterocycles. The van der Waals surface area contributed by atoms with E-state index in [-0.39, 0.29) is 0 Å². The molecule has 0 aliphatic heterocycles. The third-order valence-corrected chi connectivity index (χ3v) is 2.79. The first-order valence-electron chi connectivity index (χ1n) is 6.53. The maximum Gasteiger partial charge on any atom is 0.224 e. The molecule has 1 aromatic carbocycles. The molecule has 0 unspecified atom stereocenters. The number of benzene rings is 1. The molecule has 0 aliphatic carbocycles. The molecular formula is C15H20N4. The maximum atomic E-state index is 4.42. The van der Waals surface area contributed by atoms with Crippen LogP contribution in [0.3, 0.4) is 0 Å². The van der Waals surface area contributed by atoms with Gasteiger partial charge in [0.1, 0.15) is 5.82 Å². The quantitative estimate of drug-likeness (QED) is 0.862. The van der Waals surface area contributed by atoms with E-state index in [1.807, 2.05) is 12.1 Å². The van der Waals surface area contributed by atoms with Crippen LogP contribution in [-0.4, -0.2) is 16.0 Å². The van der Waals surface area contributed by atoms with Gasteiger partial charge in [0, 0.05) is 18.8 Å². The number of nitrogens with one attached hydrogen (secondary N) is 2. The molecular weight excluding hydrogens is 236 g/mol. The van der Waals surface area contributed by atoms with Crippen molar-refractivity contribution in [2.75, 3.05) is 10.6 Å². The van der Waals surface area contributed by atoms with Crippen molar-refractivity contribution in [3.05, 3.63) is 47.7 Å². The van der Waals surface area contributed by atoms with Gasteiger partial charge in [0.2, 0.25) is 5.95 Å². The van der Waals surface area contributed by atoms with Crippen molar-refractivity contribution in [1.29, 1.82) is 0 Å². The minimum absolute atomic E-state index is 0.326. The summed E-state index contributed by atoms with van der Waals surface area (Å²) in [5.74, 6) is 1.49. The van der Waals surface area contributed by atoms with Crippen molar-refractivity contribution in [2.24, 2.45) is 0 Å². The van der Waals surface area contributed by atoms with Crippen molar-refractivity contribution >= 4 is 11.8 Å². The van der Waals surface area contributed by atoms with Gasteiger partial charge in [0.05, 0.1) is 0 Å². The van der Waals surface area contributed by atoms with E-state index in [2.05, 4.69) is 59.6 Å². The zero-order valence-corrected chi connectivity index (χ0v) is 11.6. The van der Waals surface area contributed by atoms with Crippen LogP contribution in [0.4, 0.5) is 11.8 Å². The van der Waals surface area contributed by atoms with Crippen molar-refractivity contribution in [3.8, 4) is 0 Å². The Labute approximate surface area is 114 Å². The second kappa shape index (κ2) is 6.18. The van der Waals surface area contributed by atoms with Crippen molar-refractivity contribution in [2.45, 2.75) is 33.4 Å². The zero-order chi connectivity index (χ0) is 13.7. The van der Waals surface area contributed by atoms with E-state index in [9.17, 15) is 0 Å². The number of anilines is 2. The summed E-state index contributed by atoms with van der Waals surface area (Å²) in [6.45, 7) is 7.02. The summed E-state index contributed by atoms with van der Waals surface area (Å²) in [6.07, 6.45) is 1.76. The molecule has 0 saturated carbocycles. The van der Waals surface area contributed by atoms with Crippen LogP contribution in [0.1, 0.15) is 25.0 Å². The highest BCUT2D eigenvalue weighted by Crippen LogP contribution is 2.11. The number of hydrogen-bond acceptors (Lipinski definition) is 4. The third-order valence-electron chi connectivity index (χ3n) is 2.79. The predicted octanol–water partition coefficient (Wildman–Crippen LogP) is 3.22. The number of hydrogen-bond donors (Lipinski definition) is 2. The lowest BCUT2D eigenvalue weighted by Gasteiger charge is -2.11. The van der Waals surface area contributed by atoms with E-state index in [1.54, 1.807) is 6.20 Å². The molecule has 0 amide bonds. The van der Waals surface area contributed by atoms with Gasteiger partial charge < -0.3 is 10.6 Å². The lowest BCUT2D eigenvalue weighted by molar-refractivity contribution is 0.873. The Morgan fingerprint density at radius 3 is 2.68 bits per heavy atom. The molecule has 0 bridgehead atoms. The summed E-state index contributed by atoms with van der Waals surface area (Å²) in [7, 11) is 0. The highest BCUT2D eigenvalue weighted by Gasteiger charge is 2.01. The molecule has 4 heteroatoms. The Kier molecular flexibility index (Phi) is 4.34. The molecule has 0 aliphatic rings. The van der Waals surface area contributed by atoms with Gasteiger partial charge in [-0.05, 0) is 38.0 Å². The van der Waals surface area contributed by atoms with Gasteiger partial charge in [-0.1, -0.05) is 24.3 Å². The number of rotatable bonds is 5. The summed E-state index contributed by atoms with van der Waals surface area (Å²) in [5.41, 5.74) is 2.56. The standard InChI is InChI=1S/C15H20N4/c1-11(2)18-15-16-9-8-14(19-15)17-10-13-7-5-4-6-12(13)3/h4-9,11H,10H2,1-3H3,(H2,16,17,18,19). The van der Waals surface area contributed by atoms with Crippen LogP contribution in [-0.2, 0) is 6.54 Å². The molecule has 4 nitrogen and oxygen atoms in total. The summed E-state index contributed by atoms with van der Waals surface area (Å²) in [5, 5.41) is 6.52. The fourth-order valence-electron chi connectivity index (χ4n) is 1.78. The van der Waals surface area contributed by atoms with Gasteiger partial charge in [0.25, 0.3) is 0 Å². The second-order valence-electron chi connectivity index (χ2n) is 4.84. The van der Waals surface area contributed by atoms with Crippen LogP contribution < -0.4 is 10.6 Å². The minimum Gasteiger partial charge on any atom is -0.366 e. The Morgan fingerprint density at radius 1 is 1.16 bits per heavy atom. The first-order valence-corrected chi connectivity index (χ1v) is 6.53. The van der Waals surface area contributed by atoms with E-state index in [4.69, 9.17) is 0 Å². The molecule has 1 aromatic heterocycles. The SMILES string of the molecule is Cc1ccccc1CNc1ccnc(NC(C)C)n1. The fraction of sp³-hybridized carbons (Fsp3) is 0.333. The van der Waals surface area contributed by atoms with Gasteiger partial charge in [0.15, 0.2) is 0 Å². The molecule has 0 saturated heterocycles. The second-order valence-corrected chi connectivity index (χ2v) is 4.84. The molecule has 2 N–H and O–H groups in total. The van der Waals surface area contributed by atoms with E-state index in [0.717, 1.165) is 12.4 Å². The van der Waals surface area contributed by atoms with E-state index >= 15 is 0 Å². The van der Waals surface area contributed by atoms with Crippen molar-refractivity contribution in [1.82, 2.24) is 9.97 Å². The Hall–Kier alpha value is -2.10. The molecule has 0 radical (unpaired) electrons. The lowest BCUT2D eigenvalue weighted by atomic mass is 10.1. The minimum atomic E-state index is 0.326. The smallest absolute Gasteiger partial charge is 0.224 e. The molecule has 0 atom stereocenters. The zero-order valence-electron chi connectivity index (χ0n) is 11.6. The Balaban J connectivity index is 2.02. The summed E-state index contributed by atoms with van der Waals surface area (Å²) in [6, 6.07) is 10.5. The molecule has 100 valence electrons. The molecule has 0 spiro atoms. The molecule has 2 rings (SSSR count). The number of nitrogens with zero attached hydrogens (tertiary/aromatic N) is 2. The molecule has 19 heavy (non-hydrogen) atoms. The van der Waals surface area contributed by atoms with Crippen LogP contribution in [0.2, 0.25) is 0 Å². The maximum absolute atomic E-state index is 4.42. The summed E-state index contributed by atoms with van der Waals surface area (Å²) < 4.78 is 0. The summed E-state index contributed by atoms with van der Waals surface area (Å²) in [4.78, 5) is 8.61. The van der Waals surface area contributed by atoms with Crippen LogP contribution in [0, 0.1) is 6.92 Å². The van der Waals surface area contributed by atoms with E-state index < -0.39 is 0 Å². The van der Waals surface area contributed by atoms with Gasteiger partial charge in [-0.2, -0.15) is 4.98 Å². The number of aromatic nitrogens is 2. The predicted molar refractivity (Wildman–Crippen MR) is 79.3 cm³/mol. The molecule has 0 fully saturated rings. The third kappa shape index (κ3) is 3.95. The lowest BCUT2D eigenvalue weighted by Crippen LogP contribution is -2.13. The summed E-state index contributed by atoms with van der Waals surface area (Å²) >= 11 is 0. The van der Waals surface area contributed by atoms with E-state index in [1.165, 1.54) is 11.1 Å². The van der Waals surface area contributed by atoms with Gasteiger partial charge in [-0.25, -0.2) is 4.98 Å². The first-order chi connectivity index (χ1) is 9.15. The van der Waals surface area contributed by atoms with Crippen LogP contribution >= 0.6 is 0 Å². The van der Waals surface area contributed by atoms with Crippen LogP contribution in [0.15, 0.2) is 36.5 Å². The average molecular weight is 256 g/mol. The van der Waals surface area contributed by atoms with Crippen molar-refractivity contribution < 1.29 is 0 Å². The topological polar surface area (TPSA) is 49.8 Å².